The van der Waals surface area contributed by atoms with Gasteiger partial charge < -0.3 is 5.73 Å². The predicted octanol–water partition coefficient (Wildman–Crippen LogP) is 1.31. The summed E-state index contributed by atoms with van der Waals surface area (Å²) in [6, 6.07) is 4.79. The molecule has 0 aliphatic rings. The van der Waals surface area contributed by atoms with E-state index in [0.717, 1.165) is 12.1 Å². The maximum atomic E-state index is 13.1. The summed E-state index contributed by atoms with van der Waals surface area (Å²) in [5, 5.41) is 0. The van der Waals surface area contributed by atoms with Gasteiger partial charge in [0, 0.05) is 18.7 Å². The van der Waals surface area contributed by atoms with Crippen molar-refractivity contribution in [2.45, 2.75) is 0 Å². The van der Waals surface area contributed by atoms with Gasteiger partial charge in [-0.3, -0.25) is 4.57 Å². The van der Waals surface area contributed by atoms with Crippen LogP contribution in [0.5, 0.6) is 0 Å². The molecule has 0 bridgehead atoms. The zero-order chi connectivity index (χ0) is 12.6. The Morgan fingerprint density at radius 1 is 1.24 bits per heavy atom. The number of rotatable bonds is 1. The smallest absolute Gasteiger partial charge is 0.349 e. The largest absolute Gasteiger partial charge is 0.383 e. The summed E-state index contributed by atoms with van der Waals surface area (Å²) in [5.41, 5.74) is 5.63. The Kier molecular flexibility index (Phi) is 2.63. The second kappa shape index (κ2) is 3.97. The molecule has 0 spiro atoms. The summed E-state index contributed by atoms with van der Waals surface area (Å²) in [6.07, 6.45) is 0. The van der Waals surface area contributed by atoms with Crippen molar-refractivity contribution in [3.63, 3.8) is 0 Å². The van der Waals surface area contributed by atoms with Gasteiger partial charge in [-0.15, -0.1) is 0 Å². The van der Waals surface area contributed by atoms with E-state index in [1.54, 1.807) is 0 Å². The molecule has 0 aliphatic carbocycles. The maximum absolute atomic E-state index is 13.1. The molecule has 0 atom stereocenters. The highest BCUT2D eigenvalue weighted by molar-refractivity contribution is 5.62. The molecule has 2 rings (SSSR count). The number of aromatic nitrogens is 2. The summed E-state index contributed by atoms with van der Waals surface area (Å²) >= 11 is 0. The minimum atomic E-state index is -0.981. The first kappa shape index (κ1) is 11.3. The molecule has 1 aromatic carbocycles. The highest BCUT2D eigenvalue weighted by Gasteiger charge is 2.09. The van der Waals surface area contributed by atoms with E-state index < -0.39 is 17.3 Å². The first-order valence-corrected chi connectivity index (χ1v) is 4.78. The summed E-state index contributed by atoms with van der Waals surface area (Å²) in [6.45, 7) is 0. The van der Waals surface area contributed by atoms with Crippen molar-refractivity contribution in [1.82, 2.24) is 9.55 Å². The number of hydrogen-bond donors (Lipinski definition) is 1. The van der Waals surface area contributed by atoms with Gasteiger partial charge in [-0.05, 0) is 18.2 Å². The molecule has 0 saturated carbocycles. The van der Waals surface area contributed by atoms with Crippen LogP contribution in [0.3, 0.4) is 0 Å². The van der Waals surface area contributed by atoms with Crippen LogP contribution in [-0.4, -0.2) is 9.55 Å². The highest BCUT2D eigenvalue weighted by Crippen LogP contribution is 2.20. The van der Waals surface area contributed by atoms with Crippen LogP contribution in [0.2, 0.25) is 0 Å². The molecule has 88 valence electrons. The van der Waals surface area contributed by atoms with E-state index in [0.29, 0.717) is 11.3 Å². The Hall–Kier alpha value is -2.24. The van der Waals surface area contributed by atoms with Crippen molar-refractivity contribution in [2.75, 3.05) is 5.73 Å². The van der Waals surface area contributed by atoms with E-state index in [9.17, 15) is 13.6 Å². The summed E-state index contributed by atoms with van der Waals surface area (Å²) in [5.74, 6) is -1.89. The van der Waals surface area contributed by atoms with Gasteiger partial charge in [0.05, 0.1) is 5.69 Å². The third-order valence-corrected chi connectivity index (χ3v) is 2.37. The standard InChI is InChI=1S/C11H9F2N3O/c1-16-9(5-10(14)15-11(16)17)6-2-3-7(12)8(13)4-6/h2-5H,1H3,(H2,14,15,17). The Balaban J connectivity index is 2.68. The molecule has 0 fully saturated rings. The fourth-order valence-electron chi connectivity index (χ4n) is 1.49. The SMILES string of the molecule is Cn1c(-c2ccc(F)c(F)c2)cc(N)nc1=O. The van der Waals surface area contributed by atoms with E-state index in [4.69, 9.17) is 5.73 Å². The Morgan fingerprint density at radius 3 is 2.59 bits per heavy atom. The van der Waals surface area contributed by atoms with E-state index in [1.807, 2.05) is 0 Å². The third kappa shape index (κ3) is 2.01. The fourth-order valence-corrected chi connectivity index (χ4v) is 1.49. The number of benzene rings is 1. The molecule has 6 heteroatoms. The lowest BCUT2D eigenvalue weighted by molar-refractivity contribution is 0.509. The lowest BCUT2D eigenvalue weighted by atomic mass is 10.1. The van der Waals surface area contributed by atoms with E-state index in [1.165, 1.54) is 23.7 Å². The molecule has 2 N–H and O–H groups in total. The van der Waals surface area contributed by atoms with Crippen molar-refractivity contribution in [3.05, 3.63) is 46.4 Å². The lowest BCUT2D eigenvalue weighted by Crippen LogP contribution is -2.22. The molecule has 1 aromatic heterocycles. The molecule has 1 heterocycles. The number of anilines is 1. The van der Waals surface area contributed by atoms with Crippen LogP contribution in [0.25, 0.3) is 11.3 Å². The molecular formula is C11H9F2N3O. The zero-order valence-corrected chi connectivity index (χ0v) is 8.95. The van der Waals surface area contributed by atoms with Gasteiger partial charge >= 0.3 is 5.69 Å². The van der Waals surface area contributed by atoms with Crippen LogP contribution in [0.4, 0.5) is 14.6 Å². The van der Waals surface area contributed by atoms with Gasteiger partial charge in [0.2, 0.25) is 0 Å². The van der Waals surface area contributed by atoms with Gasteiger partial charge in [-0.1, -0.05) is 0 Å². The van der Waals surface area contributed by atoms with Crippen molar-refractivity contribution in [3.8, 4) is 11.3 Å². The molecule has 17 heavy (non-hydrogen) atoms. The van der Waals surface area contributed by atoms with Gasteiger partial charge in [-0.2, -0.15) is 4.98 Å². The summed E-state index contributed by atoms with van der Waals surface area (Å²) in [4.78, 5) is 14.9. The quantitative estimate of drug-likeness (QED) is 0.813. The van der Waals surface area contributed by atoms with Gasteiger partial charge in [-0.25, -0.2) is 13.6 Å². The second-order valence-corrected chi connectivity index (χ2v) is 3.54. The average molecular weight is 237 g/mol. The van der Waals surface area contributed by atoms with Gasteiger partial charge in [0.25, 0.3) is 0 Å². The van der Waals surface area contributed by atoms with Crippen LogP contribution in [0, 0.1) is 11.6 Å². The zero-order valence-electron chi connectivity index (χ0n) is 8.95. The van der Waals surface area contributed by atoms with Crippen LogP contribution in [0.15, 0.2) is 29.1 Å². The summed E-state index contributed by atoms with van der Waals surface area (Å²) in [7, 11) is 1.48. The highest BCUT2D eigenvalue weighted by atomic mass is 19.2. The van der Waals surface area contributed by atoms with E-state index >= 15 is 0 Å². The first-order valence-electron chi connectivity index (χ1n) is 4.78. The number of halogens is 2. The lowest BCUT2D eigenvalue weighted by Gasteiger charge is -2.08. The molecule has 4 nitrogen and oxygen atoms in total. The maximum Gasteiger partial charge on any atom is 0.349 e. The Labute approximate surface area is 95.3 Å². The van der Waals surface area contributed by atoms with Crippen LogP contribution >= 0.6 is 0 Å². The van der Waals surface area contributed by atoms with Crippen LogP contribution in [0.1, 0.15) is 0 Å². The molecule has 0 radical (unpaired) electrons. The number of nitrogens with two attached hydrogens (primary N) is 1. The molecule has 0 aliphatic heterocycles. The van der Waals surface area contributed by atoms with Crippen LogP contribution < -0.4 is 11.4 Å². The minimum Gasteiger partial charge on any atom is -0.383 e. The van der Waals surface area contributed by atoms with Crippen molar-refractivity contribution in [2.24, 2.45) is 7.05 Å². The monoisotopic (exact) mass is 237 g/mol. The van der Waals surface area contributed by atoms with Crippen LogP contribution in [-0.2, 0) is 7.05 Å². The van der Waals surface area contributed by atoms with E-state index in [-0.39, 0.29) is 5.82 Å². The normalized spacial score (nSPS) is 10.5. The van der Waals surface area contributed by atoms with Crippen molar-refractivity contribution >= 4 is 5.82 Å². The molecule has 0 saturated heterocycles. The average Bonchev–Trinajstić information content (AvgIpc) is 2.27. The molecule has 0 unspecified atom stereocenters. The van der Waals surface area contributed by atoms with Gasteiger partial charge in [0.15, 0.2) is 11.6 Å². The minimum absolute atomic E-state index is 0.0350. The number of nitrogen functional groups attached to an aromatic ring is 1. The molecule has 2 aromatic rings. The van der Waals surface area contributed by atoms with E-state index in [2.05, 4.69) is 4.98 Å². The summed E-state index contributed by atoms with van der Waals surface area (Å²) < 4.78 is 27.1. The molecular weight excluding hydrogens is 228 g/mol. The third-order valence-electron chi connectivity index (χ3n) is 2.37. The Bertz CT molecular complexity index is 637. The number of hydrogen-bond acceptors (Lipinski definition) is 3. The molecule has 0 amide bonds. The van der Waals surface area contributed by atoms with Gasteiger partial charge in [0.1, 0.15) is 5.82 Å². The predicted molar refractivity (Wildman–Crippen MR) is 59.2 cm³/mol. The van der Waals surface area contributed by atoms with Crippen molar-refractivity contribution < 1.29 is 8.78 Å². The number of nitrogens with zero attached hydrogens (tertiary/aromatic N) is 2. The fraction of sp³-hybridized carbons (Fsp3) is 0.0909. The van der Waals surface area contributed by atoms with Crippen molar-refractivity contribution in [1.29, 1.82) is 0 Å². The first-order chi connectivity index (χ1) is 7.99. The topological polar surface area (TPSA) is 60.9 Å². The Morgan fingerprint density at radius 2 is 1.94 bits per heavy atom. The second-order valence-electron chi connectivity index (χ2n) is 3.54.